The molecule has 0 saturated carbocycles. The molecule has 2 aromatic rings. The molecule has 0 amide bonds. The lowest BCUT2D eigenvalue weighted by molar-refractivity contribution is 0.146. The van der Waals surface area contributed by atoms with Gasteiger partial charge in [-0.3, -0.25) is 0 Å². The van der Waals surface area contributed by atoms with Gasteiger partial charge in [0.2, 0.25) is 5.95 Å². The lowest BCUT2D eigenvalue weighted by Crippen LogP contribution is -2.02. The Morgan fingerprint density at radius 2 is 2.10 bits per heavy atom. The van der Waals surface area contributed by atoms with E-state index in [9.17, 15) is 13.2 Å². The van der Waals surface area contributed by atoms with Crippen LogP contribution >= 0.6 is 11.6 Å². The largest absolute Gasteiger partial charge is 0.322 e. The summed E-state index contributed by atoms with van der Waals surface area (Å²) in [6.07, 6.45) is -1.78. The normalized spacial score (nSPS) is 10.4. The Hall–Kier alpha value is -2.33. The van der Waals surface area contributed by atoms with E-state index in [4.69, 9.17) is 16.9 Å². The van der Waals surface area contributed by atoms with Crippen LogP contribution in [0, 0.1) is 17.1 Å². The van der Waals surface area contributed by atoms with Gasteiger partial charge in [0, 0.05) is 0 Å². The van der Waals surface area contributed by atoms with E-state index in [1.54, 1.807) is 6.07 Å². The van der Waals surface area contributed by atoms with Crippen LogP contribution in [-0.2, 0) is 0 Å². The van der Waals surface area contributed by atoms with E-state index in [-0.39, 0.29) is 22.4 Å². The highest BCUT2D eigenvalue weighted by molar-refractivity contribution is 6.30. The lowest BCUT2D eigenvalue weighted by atomic mass is 10.2. The fraction of sp³-hybridized carbons (Fsp3) is 0.0833. The first-order chi connectivity index (χ1) is 9.52. The summed E-state index contributed by atoms with van der Waals surface area (Å²) in [4.78, 5) is 7.46. The van der Waals surface area contributed by atoms with Crippen LogP contribution in [0.4, 0.5) is 24.8 Å². The van der Waals surface area contributed by atoms with E-state index >= 15 is 0 Å². The van der Waals surface area contributed by atoms with Crippen molar-refractivity contribution in [2.75, 3.05) is 5.32 Å². The molecule has 0 unspecified atom stereocenters. The number of hydrogen-bond donors (Lipinski definition) is 1. The molecule has 0 spiro atoms. The molecule has 102 valence electrons. The summed E-state index contributed by atoms with van der Waals surface area (Å²) in [5.41, 5.74) is -0.877. The Morgan fingerprint density at radius 1 is 1.35 bits per heavy atom. The molecular formula is C12H6ClF3N4. The number of benzene rings is 1. The van der Waals surface area contributed by atoms with Gasteiger partial charge in [-0.25, -0.2) is 18.2 Å². The summed E-state index contributed by atoms with van der Waals surface area (Å²) in [6, 6.07) is 5.28. The number of hydrogen-bond acceptors (Lipinski definition) is 4. The summed E-state index contributed by atoms with van der Waals surface area (Å²) in [7, 11) is 0. The van der Waals surface area contributed by atoms with Gasteiger partial charge in [0.15, 0.2) is 11.0 Å². The maximum atomic E-state index is 13.8. The van der Waals surface area contributed by atoms with Crippen molar-refractivity contribution in [1.29, 1.82) is 5.26 Å². The third kappa shape index (κ3) is 2.81. The first-order valence-corrected chi connectivity index (χ1v) is 5.67. The first kappa shape index (κ1) is 14.1. The van der Waals surface area contributed by atoms with Gasteiger partial charge >= 0.3 is 0 Å². The van der Waals surface area contributed by atoms with Gasteiger partial charge in [-0.15, -0.1) is 0 Å². The van der Waals surface area contributed by atoms with Gasteiger partial charge in [0.05, 0.1) is 17.4 Å². The monoisotopic (exact) mass is 298 g/mol. The van der Waals surface area contributed by atoms with Crippen molar-refractivity contribution in [3.05, 3.63) is 46.5 Å². The molecular weight excluding hydrogens is 293 g/mol. The van der Waals surface area contributed by atoms with E-state index in [1.165, 1.54) is 12.1 Å². The Balaban J connectivity index is 2.33. The Kier molecular flexibility index (Phi) is 4.05. The molecule has 1 aromatic carbocycles. The average Bonchev–Trinajstić information content (AvgIpc) is 2.41. The van der Waals surface area contributed by atoms with Crippen LogP contribution in [-0.4, -0.2) is 9.97 Å². The van der Waals surface area contributed by atoms with E-state index in [2.05, 4.69) is 15.3 Å². The second kappa shape index (κ2) is 5.75. The minimum atomic E-state index is -2.93. The minimum Gasteiger partial charge on any atom is -0.322 e. The van der Waals surface area contributed by atoms with Gasteiger partial charge in [-0.2, -0.15) is 10.2 Å². The van der Waals surface area contributed by atoms with Crippen LogP contribution in [0.2, 0.25) is 5.15 Å². The molecule has 0 aliphatic rings. The first-order valence-electron chi connectivity index (χ1n) is 5.29. The highest BCUT2D eigenvalue weighted by Gasteiger charge is 2.16. The molecule has 0 aliphatic heterocycles. The van der Waals surface area contributed by atoms with Gasteiger partial charge in [0.1, 0.15) is 11.6 Å². The second-order valence-electron chi connectivity index (χ2n) is 3.64. The molecule has 0 radical (unpaired) electrons. The van der Waals surface area contributed by atoms with Crippen molar-refractivity contribution in [3.8, 4) is 6.07 Å². The third-order valence-corrected chi connectivity index (χ3v) is 2.66. The third-order valence-electron chi connectivity index (χ3n) is 2.37. The Morgan fingerprint density at radius 3 is 2.70 bits per heavy atom. The van der Waals surface area contributed by atoms with E-state index < -0.39 is 17.8 Å². The van der Waals surface area contributed by atoms with Crippen molar-refractivity contribution in [3.63, 3.8) is 0 Å². The molecule has 0 saturated heterocycles. The molecule has 0 aliphatic carbocycles. The number of nitrogens with zero attached hydrogens (tertiary/aromatic N) is 3. The number of nitrogens with one attached hydrogen (secondary N) is 1. The van der Waals surface area contributed by atoms with Crippen LogP contribution in [0.15, 0.2) is 24.4 Å². The van der Waals surface area contributed by atoms with Crippen LogP contribution in [0.1, 0.15) is 17.6 Å². The predicted octanol–water partition coefficient (Wildman–Crippen LogP) is 3.82. The van der Waals surface area contributed by atoms with Crippen molar-refractivity contribution in [2.24, 2.45) is 0 Å². The maximum absolute atomic E-state index is 13.8. The predicted molar refractivity (Wildman–Crippen MR) is 66.4 cm³/mol. The summed E-state index contributed by atoms with van der Waals surface area (Å²) >= 11 is 5.69. The lowest BCUT2D eigenvalue weighted by Gasteiger charge is -2.09. The second-order valence-corrected chi connectivity index (χ2v) is 4.00. The van der Waals surface area contributed by atoms with Crippen molar-refractivity contribution in [1.82, 2.24) is 9.97 Å². The zero-order valence-corrected chi connectivity index (χ0v) is 10.5. The zero-order valence-electron chi connectivity index (χ0n) is 9.74. The highest BCUT2D eigenvalue weighted by Crippen LogP contribution is 2.28. The Labute approximate surface area is 116 Å². The van der Waals surface area contributed by atoms with Gasteiger partial charge in [-0.1, -0.05) is 23.7 Å². The number of nitriles is 1. The van der Waals surface area contributed by atoms with Gasteiger partial charge in [0.25, 0.3) is 6.43 Å². The standard InChI is InChI=1S/C12H6ClF3N4/c13-10-6(4-17)5-18-12(20-10)19-8-3-1-2-7(9(8)14)11(15)16/h1-3,5,11H,(H,18,19,20). The molecule has 20 heavy (non-hydrogen) atoms. The summed E-state index contributed by atoms with van der Waals surface area (Å²) in [5.74, 6) is -1.19. The van der Waals surface area contributed by atoms with Crippen LogP contribution in [0.3, 0.4) is 0 Å². The molecule has 1 heterocycles. The molecule has 4 nitrogen and oxygen atoms in total. The van der Waals surface area contributed by atoms with Gasteiger partial charge in [-0.05, 0) is 6.07 Å². The molecule has 1 N–H and O–H groups in total. The Bertz CT molecular complexity index is 685. The van der Waals surface area contributed by atoms with E-state index in [1.807, 2.05) is 0 Å². The van der Waals surface area contributed by atoms with Crippen LogP contribution < -0.4 is 5.32 Å². The van der Waals surface area contributed by atoms with Crippen molar-refractivity contribution < 1.29 is 13.2 Å². The van der Waals surface area contributed by atoms with E-state index in [0.717, 1.165) is 12.3 Å². The SMILES string of the molecule is N#Cc1cnc(Nc2cccc(C(F)F)c2F)nc1Cl. The number of anilines is 2. The maximum Gasteiger partial charge on any atom is 0.266 e. The topological polar surface area (TPSA) is 61.6 Å². The summed E-state index contributed by atoms with van der Waals surface area (Å²) in [5, 5.41) is 11.0. The quantitative estimate of drug-likeness (QED) is 0.875. The van der Waals surface area contributed by atoms with E-state index in [0.29, 0.717) is 0 Å². The van der Waals surface area contributed by atoms with Gasteiger partial charge < -0.3 is 5.32 Å². The molecule has 0 fully saturated rings. The number of aromatic nitrogens is 2. The molecule has 2 rings (SSSR count). The number of alkyl halides is 2. The van der Waals surface area contributed by atoms with Crippen molar-refractivity contribution in [2.45, 2.75) is 6.43 Å². The smallest absolute Gasteiger partial charge is 0.266 e. The molecule has 1 aromatic heterocycles. The molecule has 0 atom stereocenters. The summed E-state index contributed by atoms with van der Waals surface area (Å²) < 4.78 is 38.9. The van der Waals surface area contributed by atoms with Crippen LogP contribution in [0.5, 0.6) is 0 Å². The van der Waals surface area contributed by atoms with Crippen LogP contribution in [0.25, 0.3) is 0 Å². The fourth-order valence-electron chi connectivity index (χ4n) is 1.43. The molecule has 8 heteroatoms. The summed E-state index contributed by atoms with van der Waals surface area (Å²) in [6.45, 7) is 0. The molecule has 0 bridgehead atoms. The number of rotatable bonds is 3. The van der Waals surface area contributed by atoms with Crippen molar-refractivity contribution >= 4 is 23.2 Å². The highest BCUT2D eigenvalue weighted by atomic mass is 35.5. The number of halogens is 4. The fourth-order valence-corrected chi connectivity index (χ4v) is 1.60. The average molecular weight is 299 g/mol. The zero-order chi connectivity index (χ0) is 14.7. The minimum absolute atomic E-state index is 0.0546.